The molecule has 0 saturated carbocycles. The molecule has 1 aliphatic rings. The lowest BCUT2D eigenvalue weighted by Crippen LogP contribution is -2.54. The molecular weight excluding hydrogens is 182 g/mol. The minimum atomic E-state index is -0.793. The van der Waals surface area contributed by atoms with Gasteiger partial charge in [-0.3, -0.25) is 9.59 Å². The molecule has 0 radical (unpaired) electrons. The molecule has 0 aromatic heterocycles. The summed E-state index contributed by atoms with van der Waals surface area (Å²) in [6.07, 6.45) is 1.67. The zero-order valence-corrected chi connectivity index (χ0v) is 8.69. The summed E-state index contributed by atoms with van der Waals surface area (Å²) in [6, 6.07) is 0. The molecule has 1 amide bonds. The molecular formula is C10H17NO3. The highest BCUT2D eigenvalue weighted by Crippen LogP contribution is 2.21. The number of carbonyl (C=O) groups is 2. The first kappa shape index (κ1) is 11.0. The van der Waals surface area contributed by atoms with Gasteiger partial charge in [-0.2, -0.15) is 0 Å². The molecule has 1 fully saturated rings. The predicted molar refractivity (Wildman–Crippen MR) is 51.8 cm³/mol. The van der Waals surface area contributed by atoms with Crippen LogP contribution in [0, 0.1) is 11.8 Å². The first-order valence-electron chi connectivity index (χ1n) is 5.11. The maximum atomic E-state index is 11.7. The molecule has 0 spiro atoms. The van der Waals surface area contributed by atoms with E-state index in [1.165, 1.54) is 0 Å². The van der Waals surface area contributed by atoms with E-state index in [4.69, 9.17) is 5.11 Å². The van der Waals surface area contributed by atoms with E-state index in [1.54, 1.807) is 4.90 Å². The molecule has 0 atom stereocenters. The molecule has 4 heteroatoms. The number of carbonyl (C=O) groups excluding carboxylic acids is 1. The normalized spacial score (nSPS) is 16.9. The molecule has 1 rings (SSSR count). The van der Waals surface area contributed by atoms with E-state index in [0.717, 1.165) is 12.8 Å². The zero-order chi connectivity index (χ0) is 10.7. The van der Waals surface area contributed by atoms with Crippen molar-refractivity contribution >= 4 is 11.9 Å². The quantitative estimate of drug-likeness (QED) is 0.733. The second-order valence-electron chi connectivity index (χ2n) is 3.79. The van der Waals surface area contributed by atoms with E-state index in [-0.39, 0.29) is 17.7 Å². The van der Waals surface area contributed by atoms with Crippen molar-refractivity contribution in [3.63, 3.8) is 0 Å². The number of carboxylic acids is 1. The fraction of sp³-hybridized carbons (Fsp3) is 0.800. The number of carboxylic acid groups (broad SMARTS) is 1. The fourth-order valence-electron chi connectivity index (χ4n) is 1.71. The van der Waals surface area contributed by atoms with E-state index in [2.05, 4.69) is 0 Å². The van der Waals surface area contributed by atoms with Crippen LogP contribution >= 0.6 is 0 Å². The van der Waals surface area contributed by atoms with Gasteiger partial charge in [0.1, 0.15) is 0 Å². The van der Waals surface area contributed by atoms with Crippen LogP contribution in [-0.4, -0.2) is 35.0 Å². The average Bonchev–Trinajstić information content (AvgIpc) is 2.02. The maximum absolute atomic E-state index is 11.7. The van der Waals surface area contributed by atoms with Crippen molar-refractivity contribution in [3.05, 3.63) is 0 Å². The number of nitrogens with zero attached hydrogens (tertiary/aromatic N) is 1. The lowest BCUT2D eigenvalue weighted by Gasteiger charge is -2.38. The van der Waals surface area contributed by atoms with Gasteiger partial charge >= 0.3 is 5.97 Å². The maximum Gasteiger partial charge on any atom is 0.310 e. The average molecular weight is 199 g/mol. The van der Waals surface area contributed by atoms with Crippen LogP contribution in [0.2, 0.25) is 0 Å². The van der Waals surface area contributed by atoms with Crippen LogP contribution in [0.25, 0.3) is 0 Å². The van der Waals surface area contributed by atoms with Gasteiger partial charge in [0.05, 0.1) is 5.92 Å². The second kappa shape index (κ2) is 4.44. The van der Waals surface area contributed by atoms with Gasteiger partial charge in [0, 0.05) is 19.0 Å². The van der Waals surface area contributed by atoms with Crippen LogP contribution in [0.1, 0.15) is 26.7 Å². The molecule has 1 aliphatic heterocycles. The molecule has 4 nitrogen and oxygen atoms in total. The molecule has 1 heterocycles. The highest BCUT2D eigenvalue weighted by atomic mass is 16.4. The molecule has 0 aromatic carbocycles. The molecule has 80 valence electrons. The minimum Gasteiger partial charge on any atom is -0.481 e. The Kier molecular flexibility index (Phi) is 3.49. The summed E-state index contributed by atoms with van der Waals surface area (Å²) in [5, 5.41) is 8.65. The third-order valence-corrected chi connectivity index (χ3v) is 2.88. The first-order chi connectivity index (χ1) is 6.60. The number of hydrogen-bond donors (Lipinski definition) is 1. The largest absolute Gasteiger partial charge is 0.481 e. The number of aliphatic carboxylic acids is 1. The number of rotatable bonds is 4. The molecule has 0 aliphatic carbocycles. The van der Waals surface area contributed by atoms with Crippen LogP contribution in [0.4, 0.5) is 0 Å². The summed E-state index contributed by atoms with van der Waals surface area (Å²) >= 11 is 0. The highest BCUT2D eigenvalue weighted by Gasteiger charge is 2.37. The number of likely N-dealkylation sites (tertiary alicyclic amines) is 1. The summed E-state index contributed by atoms with van der Waals surface area (Å²) in [6.45, 7) is 4.76. The summed E-state index contributed by atoms with van der Waals surface area (Å²) in [5.74, 6) is -0.941. The van der Waals surface area contributed by atoms with Crippen LogP contribution in [0.15, 0.2) is 0 Å². The molecule has 14 heavy (non-hydrogen) atoms. The predicted octanol–water partition coefficient (Wildman–Crippen LogP) is 0.966. The van der Waals surface area contributed by atoms with E-state index in [0.29, 0.717) is 13.1 Å². The highest BCUT2D eigenvalue weighted by molar-refractivity contribution is 5.82. The third-order valence-electron chi connectivity index (χ3n) is 2.88. The number of amides is 1. The van der Waals surface area contributed by atoms with E-state index in [1.807, 2.05) is 13.8 Å². The standard InChI is InChI=1S/C10H17NO3/c1-3-7(4-2)9(12)11-5-8(6-11)10(13)14/h7-8H,3-6H2,1-2H3,(H,13,14). The fourth-order valence-corrected chi connectivity index (χ4v) is 1.71. The monoisotopic (exact) mass is 199 g/mol. The molecule has 0 bridgehead atoms. The molecule has 1 saturated heterocycles. The first-order valence-corrected chi connectivity index (χ1v) is 5.11. The van der Waals surface area contributed by atoms with Gasteiger partial charge in [0.2, 0.25) is 5.91 Å². The molecule has 1 N–H and O–H groups in total. The smallest absolute Gasteiger partial charge is 0.310 e. The SMILES string of the molecule is CCC(CC)C(=O)N1CC(C(=O)O)C1. The van der Waals surface area contributed by atoms with Crippen molar-refractivity contribution in [2.45, 2.75) is 26.7 Å². The lowest BCUT2D eigenvalue weighted by molar-refractivity contribution is -0.154. The summed E-state index contributed by atoms with van der Waals surface area (Å²) in [7, 11) is 0. The minimum absolute atomic E-state index is 0.0738. The van der Waals surface area contributed by atoms with Gasteiger partial charge in [-0.15, -0.1) is 0 Å². The summed E-state index contributed by atoms with van der Waals surface area (Å²) < 4.78 is 0. The van der Waals surface area contributed by atoms with Crippen molar-refractivity contribution in [1.29, 1.82) is 0 Å². The lowest BCUT2D eigenvalue weighted by atomic mass is 9.95. The molecule has 0 aromatic rings. The third kappa shape index (κ3) is 2.05. The van der Waals surface area contributed by atoms with Gasteiger partial charge in [-0.05, 0) is 12.8 Å². The van der Waals surface area contributed by atoms with Crippen LogP contribution < -0.4 is 0 Å². The van der Waals surface area contributed by atoms with Crippen LogP contribution in [0.3, 0.4) is 0 Å². The van der Waals surface area contributed by atoms with Crippen molar-refractivity contribution < 1.29 is 14.7 Å². The van der Waals surface area contributed by atoms with Gasteiger partial charge < -0.3 is 10.0 Å². The van der Waals surface area contributed by atoms with Crippen molar-refractivity contribution in [2.75, 3.05) is 13.1 Å². The van der Waals surface area contributed by atoms with Gasteiger partial charge in [-0.25, -0.2) is 0 Å². The van der Waals surface area contributed by atoms with E-state index in [9.17, 15) is 9.59 Å². The Morgan fingerprint density at radius 2 is 1.86 bits per heavy atom. The summed E-state index contributed by atoms with van der Waals surface area (Å²) in [4.78, 5) is 23.9. The van der Waals surface area contributed by atoms with Crippen LogP contribution in [-0.2, 0) is 9.59 Å². The zero-order valence-electron chi connectivity index (χ0n) is 8.69. The van der Waals surface area contributed by atoms with Crippen molar-refractivity contribution in [1.82, 2.24) is 4.90 Å². The Balaban J connectivity index is 2.39. The van der Waals surface area contributed by atoms with Gasteiger partial charge in [0.25, 0.3) is 0 Å². The Labute approximate surface area is 83.9 Å². The van der Waals surface area contributed by atoms with E-state index < -0.39 is 5.97 Å². The summed E-state index contributed by atoms with van der Waals surface area (Å²) in [5.41, 5.74) is 0. The molecule has 0 unspecified atom stereocenters. The van der Waals surface area contributed by atoms with Crippen molar-refractivity contribution in [3.8, 4) is 0 Å². The van der Waals surface area contributed by atoms with Crippen LogP contribution in [0.5, 0.6) is 0 Å². The van der Waals surface area contributed by atoms with Gasteiger partial charge in [-0.1, -0.05) is 13.8 Å². The number of hydrogen-bond acceptors (Lipinski definition) is 2. The van der Waals surface area contributed by atoms with Crippen molar-refractivity contribution in [2.24, 2.45) is 11.8 Å². The second-order valence-corrected chi connectivity index (χ2v) is 3.79. The topological polar surface area (TPSA) is 57.6 Å². The van der Waals surface area contributed by atoms with Gasteiger partial charge in [0.15, 0.2) is 0 Å². The Hall–Kier alpha value is -1.06. The van der Waals surface area contributed by atoms with E-state index >= 15 is 0 Å². The Morgan fingerprint density at radius 3 is 2.21 bits per heavy atom. The Bertz CT molecular complexity index is 230. The Morgan fingerprint density at radius 1 is 1.36 bits per heavy atom.